The van der Waals surface area contributed by atoms with E-state index in [1.807, 2.05) is 6.20 Å². The molecule has 0 aliphatic carbocycles. The van der Waals surface area contributed by atoms with Crippen LogP contribution < -0.4 is 0 Å². The number of aryl methyl sites for hydroxylation is 1. The summed E-state index contributed by atoms with van der Waals surface area (Å²) in [4.78, 5) is 9.63. The van der Waals surface area contributed by atoms with Gasteiger partial charge in [-0.15, -0.1) is 0 Å². The highest BCUT2D eigenvalue weighted by Gasteiger charge is 2.19. The van der Waals surface area contributed by atoms with Gasteiger partial charge in [0.15, 0.2) is 5.82 Å². The fourth-order valence-corrected chi connectivity index (χ4v) is 4.60. The van der Waals surface area contributed by atoms with Crippen LogP contribution in [-0.2, 0) is 13.1 Å². The Morgan fingerprint density at radius 2 is 1.52 bits per heavy atom. The van der Waals surface area contributed by atoms with Gasteiger partial charge >= 0.3 is 0 Å². The average Bonchev–Trinajstić information content (AvgIpc) is 3.36. The average molecular weight is 443 g/mol. The summed E-state index contributed by atoms with van der Waals surface area (Å²) in [5.74, 6) is 2.10. The van der Waals surface area contributed by atoms with Gasteiger partial charge in [0.25, 0.3) is 0 Å². The minimum atomic E-state index is 0.322. The van der Waals surface area contributed by atoms with Gasteiger partial charge in [-0.3, -0.25) is 0 Å². The van der Waals surface area contributed by atoms with E-state index in [4.69, 9.17) is 4.98 Å². The molecule has 33 heavy (non-hydrogen) atoms. The van der Waals surface area contributed by atoms with Crippen molar-refractivity contribution < 1.29 is 0 Å². The molecule has 0 aliphatic rings. The molecule has 0 saturated heterocycles. The quantitative estimate of drug-likeness (QED) is 0.247. The predicted octanol–water partition coefficient (Wildman–Crippen LogP) is 7.89. The third-order valence-electron chi connectivity index (χ3n) is 6.48. The van der Waals surface area contributed by atoms with Crippen LogP contribution in [0.1, 0.15) is 65.6 Å². The molecular weight excluding hydrogens is 404 g/mol. The minimum absolute atomic E-state index is 0.322. The summed E-state index contributed by atoms with van der Waals surface area (Å²) in [6, 6.07) is 15.3. The molecule has 0 spiro atoms. The standard InChI is InChI=1S/C29H38N4/c1-6-7-10-17-32-22(2)30-21-27(32)28-31-20-26(33(28)18-11-16-29(3,4)5)25-15-14-23-12-8-9-13-24(23)19-25/h8-9,12-15,19-21H,6-7,10-11,16-18H2,1-5H3. The lowest BCUT2D eigenvalue weighted by Crippen LogP contribution is -2.11. The van der Waals surface area contributed by atoms with Gasteiger partial charge in [-0.2, -0.15) is 0 Å². The van der Waals surface area contributed by atoms with Crippen molar-refractivity contribution in [2.75, 3.05) is 0 Å². The third kappa shape index (κ3) is 5.38. The number of nitrogens with zero attached hydrogens (tertiary/aromatic N) is 4. The number of aromatic nitrogens is 4. The van der Waals surface area contributed by atoms with Crippen LogP contribution in [0, 0.1) is 12.3 Å². The maximum atomic E-state index is 4.96. The molecule has 0 fully saturated rings. The second kappa shape index (κ2) is 9.94. The van der Waals surface area contributed by atoms with Crippen LogP contribution in [-0.4, -0.2) is 19.1 Å². The summed E-state index contributed by atoms with van der Waals surface area (Å²) < 4.78 is 4.77. The summed E-state index contributed by atoms with van der Waals surface area (Å²) in [5.41, 5.74) is 3.86. The van der Waals surface area contributed by atoms with Gasteiger partial charge in [0.05, 0.1) is 18.1 Å². The van der Waals surface area contributed by atoms with Crippen molar-refractivity contribution in [1.29, 1.82) is 0 Å². The SMILES string of the molecule is CCCCCn1c(-c2ncc(-c3ccc4ccccc4c3)n2CCCC(C)(C)C)cnc1C. The molecule has 4 nitrogen and oxygen atoms in total. The van der Waals surface area contributed by atoms with Crippen LogP contribution in [0.2, 0.25) is 0 Å². The van der Waals surface area contributed by atoms with Crippen LogP contribution in [0.15, 0.2) is 54.9 Å². The molecule has 0 saturated carbocycles. The Morgan fingerprint density at radius 3 is 2.27 bits per heavy atom. The Bertz CT molecular complexity index is 1210. The summed E-state index contributed by atoms with van der Waals surface area (Å²) >= 11 is 0. The lowest BCUT2D eigenvalue weighted by atomic mass is 9.90. The van der Waals surface area contributed by atoms with Crippen molar-refractivity contribution in [3.05, 3.63) is 60.7 Å². The second-order valence-electron chi connectivity index (χ2n) is 10.4. The number of rotatable bonds is 9. The summed E-state index contributed by atoms with van der Waals surface area (Å²) in [7, 11) is 0. The molecule has 0 bridgehead atoms. The van der Waals surface area contributed by atoms with Gasteiger partial charge in [0.1, 0.15) is 11.5 Å². The number of unbranched alkanes of at least 4 members (excludes halogenated alkanes) is 2. The van der Waals surface area contributed by atoms with Crippen molar-refractivity contribution >= 4 is 10.8 Å². The van der Waals surface area contributed by atoms with E-state index in [-0.39, 0.29) is 0 Å². The molecule has 0 N–H and O–H groups in total. The molecule has 174 valence electrons. The number of hydrogen-bond acceptors (Lipinski definition) is 2. The van der Waals surface area contributed by atoms with Crippen LogP contribution in [0.3, 0.4) is 0 Å². The van der Waals surface area contributed by atoms with Gasteiger partial charge in [-0.1, -0.05) is 76.9 Å². The molecule has 2 aromatic heterocycles. The van der Waals surface area contributed by atoms with E-state index in [1.54, 1.807) is 0 Å². The van der Waals surface area contributed by atoms with Crippen LogP contribution in [0.25, 0.3) is 33.5 Å². The van der Waals surface area contributed by atoms with Crippen molar-refractivity contribution in [2.45, 2.75) is 79.8 Å². The van der Waals surface area contributed by atoms with Gasteiger partial charge in [-0.25, -0.2) is 9.97 Å². The number of benzene rings is 2. The Kier molecular flexibility index (Phi) is 7.02. The van der Waals surface area contributed by atoms with E-state index in [9.17, 15) is 0 Å². The van der Waals surface area contributed by atoms with Crippen molar-refractivity contribution in [1.82, 2.24) is 19.1 Å². The van der Waals surface area contributed by atoms with Gasteiger partial charge in [0.2, 0.25) is 0 Å². The molecule has 4 rings (SSSR count). The predicted molar refractivity (Wildman–Crippen MR) is 139 cm³/mol. The maximum Gasteiger partial charge on any atom is 0.158 e. The Balaban J connectivity index is 1.75. The van der Waals surface area contributed by atoms with Crippen molar-refractivity contribution in [3.63, 3.8) is 0 Å². The molecule has 4 heteroatoms. The normalized spacial score (nSPS) is 12.0. The maximum absolute atomic E-state index is 4.96. The van der Waals surface area contributed by atoms with E-state index < -0.39 is 0 Å². The Labute approximate surface area is 198 Å². The zero-order valence-electron chi connectivity index (χ0n) is 20.9. The van der Waals surface area contributed by atoms with E-state index >= 15 is 0 Å². The first-order valence-corrected chi connectivity index (χ1v) is 12.4. The molecule has 2 aromatic carbocycles. The Hall–Kier alpha value is -2.88. The number of hydrogen-bond donors (Lipinski definition) is 0. The smallest absolute Gasteiger partial charge is 0.158 e. The van der Waals surface area contributed by atoms with Crippen LogP contribution in [0.4, 0.5) is 0 Å². The van der Waals surface area contributed by atoms with Crippen LogP contribution in [0.5, 0.6) is 0 Å². The number of fused-ring (bicyclic) bond motifs is 1. The van der Waals surface area contributed by atoms with Crippen molar-refractivity contribution in [3.8, 4) is 22.8 Å². The molecule has 0 aliphatic heterocycles. The molecule has 0 atom stereocenters. The van der Waals surface area contributed by atoms with E-state index in [0.717, 1.165) is 36.9 Å². The van der Waals surface area contributed by atoms with E-state index in [0.29, 0.717) is 5.41 Å². The van der Waals surface area contributed by atoms with Crippen molar-refractivity contribution in [2.24, 2.45) is 5.41 Å². The summed E-state index contributed by atoms with van der Waals surface area (Å²) in [5, 5.41) is 2.53. The largest absolute Gasteiger partial charge is 0.326 e. The van der Waals surface area contributed by atoms with Gasteiger partial charge in [0, 0.05) is 18.7 Å². The van der Waals surface area contributed by atoms with Crippen LogP contribution >= 0.6 is 0 Å². The summed E-state index contributed by atoms with van der Waals surface area (Å²) in [6.07, 6.45) is 9.98. The molecule has 4 aromatic rings. The van der Waals surface area contributed by atoms with E-state index in [1.165, 1.54) is 47.7 Å². The fourth-order valence-electron chi connectivity index (χ4n) is 4.60. The van der Waals surface area contributed by atoms with E-state index in [2.05, 4.69) is 97.4 Å². The fraction of sp³-hybridized carbons (Fsp3) is 0.448. The lowest BCUT2D eigenvalue weighted by molar-refractivity contribution is 0.354. The first kappa shape index (κ1) is 23.3. The molecular formula is C29H38N4. The highest BCUT2D eigenvalue weighted by atomic mass is 15.2. The zero-order valence-corrected chi connectivity index (χ0v) is 20.9. The minimum Gasteiger partial charge on any atom is -0.326 e. The first-order chi connectivity index (χ1) is 15.9. The highest BCUT2D eigenvalue weighted by Crippen LogP contribution is 2.31. The highest BCUT2D eigenvalue weighted by molar-refractivity contribution is 5.87. The second-order valence-corrected chi connectivity index (χ2v) is 10.4. The number of imidazole rings is 2. The topological polar surface area (TPSA) is 35.6 Å². The summed E-state index contributed by atoms with van der Waals surface area (Å²) in [6.45, 7) is 13.3. The van der Waals surface area contributed by atoms with Gasteiger partial charge in [-0.05, 0) is 48.4 Å². The third-order valence-corrected chi connectivity index (χ3v) is 6.48. The zero-order chi connectivity index (χ0) is 23.4. The Morgan fingerprint density at radius 1 is 0.788 bits per heavy atom. The first-order valence-electron chi connectivity index (χ1n) is 12.4. The molecule has 2 heterocycles. The monoisotopic (exact) mass is 442 g/mol. The molecule has 0 radical (unpaired) electrons. The van der Waals surface area contributed by atoms with Gasteiger partial charge < -0.3 is 9.13 Å². The lowest BCUT2D eigenvalue weighted by Gasteiger charge is -2.20. The molecule has 0 amide bonds. The molecule has 0 unspecified atom stereocenters.